The molecule has 0 amide bonds. The molecule has 2 aromatic rings. The van der Waals surface area contributed by atoms with Crippen molar-refractivity contribution >= 4 is 27.6 Å². The molecule has 1 aromatic carbocycles. The number of aryl methyl sites for hydroxylation is 1. The Morgan fingerprint density at radius 1 is 1.50 bits per heavy atom. The van der Waals surface area contributed by atoms with Gasteiger partial charge in [0.2, 0.25) is 0 Å². The van der Waals surface area contributed by atoms with Crippen LogP contribution in [0.3, 0.4) is 0 Å². The smallest absolute Gasteiger partial charge is 0.0907 e. The molecule has 0 saturated carbocycles. The van der Waals surface area contributed by atoms with Crippen LogP contribution in [0.25, 0.3) is 16.3 Å². The topological polar surface area (TPSA) is 38.9 Å². The summed E-state index contributed by atoms with van der Waals surface area (Å²) in [5.74, 6) is 0. The third-order valence-electron chi connectivity index (χ3n) is 1.99. The summed E-state index contributed by atoms with van der Waals surface area (Å²) in [6.07, 6.45) is 4.02. The number of nitrogens with two attached hydrogens (primary N) is 1. The Kier molecular flexibility index (Phi) is 2.61. The van der Waals surface area contributed by atoms with E-state index in [9.17, 15) is 0 Å². The molecule has 0 fully saturated rings. The minimum Gasteiger partial charge on any atom is -0.327 e. The average Bonchev–Trinajstić information content (AvgIpc) is 2.55. The second kappa shape index (κ2) is 3.90. The maximum Gasteiger partial charge on any atom is 0.0907 e. The first-order valence-electron chi connectivity index (χ1n) is 4.54. The largest absolute Gasteiger partial charge is 0.327 e. The Morgan fingerprint density at radius 2 is 2.36 bits per heavy atom. The van der Waals surface area contributed by atoms with Crippen molar-refractivity contribution in [3.8, 4) is 0 Å². The molecule has 14 heavy (non-hydrogen) atoms. The zero-order valence-electron chi connectivity index (χ0n) is 8.03. The van der Waals surface area contributed by atoms with Crippen LogP contribution in [0.1, 0.15) is 10.6 Å². The number of benzene rings is 1. The first kappa shape index (κ1) is 9.37. The molecule has 0 radical (unpaired) electrons. The maximum absolute atomic E-state index is 5.43. The van der Waals surface area contributed by atoms with E-state index in [1.165, 1.54) is 10.3 Å². The molecule has 0 aliphatic carbocycles. The number of aromatic nitrogens is 1. The van der Waals surface area contributed by atoms with Gasteiger partial charge in [-0.15, -0.1) is 11.3 Å². The fourth-order valence-electron chi connectivity index (χ4n) is 1.41. The van der Waals surface area contributed by atoms with Gasteiger partial charge in [0, 0.05) is 6.54 Å². The Hall–Kier alpha value is -1.19. The molecule has 0 spiro atoms. The summed E-state index contributed by atoms with van der Waals surface area (Å²) in [5.41, 5.74) is 7.71. The Labute approximate surface area is 87.1 Å². The predicted octanol–water partition coefficient (Wildman–Crippen LogP) is 2.58. The van der Waals surface area contributed by atoms with Gasteiger partial charge in [-0.05, 0) is 18.6 Å². The fourth-order valence-corrected chi connectivity index (χ4v) is 2.32. The van der Waals surface area contributed by atoms with Crippen molar-refractivity contribution in [2.24, 2.45) is 5.73 Å². The third-order valence-corrected chi connectivity index (χ3v) is 3.02. The van der Waals surface area contributed by atoms with Crippen molar-refractivity contribution in [3.63, 3.8) is 0 Å². The highest BCUT2D eigenvalue weighted by Gasteiger charge is 2.02. The lowest BCUT2D eigenvalue weighted by Gasteiger charge is -1.93. The maximum atomic E-state index is 5.43. The Morgan fingerprint density at radius 3 is 3.14 bits per heavy atom. The molecule has 2 nitrogen and oxygen atoms in total. The van der Waals surface area contributed by atoms with Gasteiger partial charge in [0.05, 0.1) is 15.2 Å². The number of hydrogen-bond donors (Lipinski definition) is 1. The molecule has 1 heterocycles. The van der Waals surface area contributed by atoms with E-state index in [-0.39, 0.29) is 0 Å². The van der Waals surface area contributed by atoms with Gasteiger partial charge in [-0.1, -0.05) is 24.3 Å². The summed E-state index contributed by atoms with van der Waals surface area (Å²) >= 11 is 1.73. The van der Waals surface area contributed by atoms with Gasteiger partial charge in [-0.25, -0.2) is 4.98 Å². The van der Waals surface area contributed by atoms with Crippen molar-refractivity contribution in [3.05, 3.63) is 34.8 Å². The van der Waals surface area contributed by atoms with Gasteiger partial charge in [0.1, 0.15) is 0 Å². The lowest BCUT2D eigenvalue weighted by atomic mass is 10.2. The molecule has 0 aliphatic rings. The second-order valence-electron chi connectivity index (χ2n) is 3.07. The highest BCUT2D eigenvalue weighted by Crippen LogP contribution is 2.25. The van der Waals surface area contributed by atoms with Gasteiger partial charge in [0.15, 0.2) is 0 Å². The van der Waals surface area contributed by atoms with E-state index in [1.54, 1.807) is 11.3 Å². The highest BCUT2D eigenvalue weighted by molar-refractivity contribution is 7.18. The van der Waals surface area contributed by atoms with E-state index in [4.69, 9.17) is 5.73 Å². The van der Waals surface area contributed by atoms with Gasteiger partial charge in [0.25, 0.3) is 0 Å². The SMILES string of the molecule is Cc1nc2cccc(/C=C/CN)c2s1. The van der Waals surface area contributed by atoms with Crippen LogP contribution < -0.4 is 5.73 Å². The van der Waals surface area contributed by atoms with Gasteiger partial charge in [-0.3, -0.25) is 0 Å². The Bertz CT molecular complexity index is 471. The van der Waals surface area contributed by atoms with Crippen molar-refractivity contribution in [2.75, 3.05) is 6.54 Å². The molecule has 1 aromatic heterocycles. The molecule has 72 valence electrons. The van der Waals surface area contributed by atoms with Crippen molar-refractivity contribution in [2.45, 2.75) is 6.92 Å². The van der Waals surface area contributed by atoms with Gasteiger partial charge < -0.3 is 5.73 Å². The summed E-state index contributed by atoms with van der Waals surface area (Å²) in [6.45, 7) is 2.61. The highest BCUT2D eigenvalue weighted by atomic mass is 32.1. The summed E-state index contributed by atoms with van der Waals surface area (Å²) < 4.78 is 1.25. The lowest BCUT2D eigenvalue weighted by molar-refractivity contribution is 1.26. The number of fused-ring (bicyclic) bond motifs is 1. The van der Waals surface area contributed by atoms with Crippen LogP contribution >= 0.6 is 11.3 Å². The van der Waals surface area contributed by atoms with E-state index >= 15 is 0 Å². The normalized spacial score (nSPS) is 11.6. The number of rotatable bonds is 2. The van der Waals surface area contributed by atoms with E-state index in [2.05, 4.69) is 17.1 Å². The number of nitrogens with zero attached hydrogens (tertiary/aromatic N) is 1. The summed E-state index contributed by atoms with van der Waals surface area (Å²) in [7, 11) is 0. The van der Waals surface area contributed by atoms with Crippen LogP contribution in [0.5, 0.6) is 0 Å². The lowest BCUT2D eigenvalue weighted by Crippen LogP contribution is -1.91. The molecular formula is C11H12N2S. The van der Waals surface area contributed by atoms with E-state index in [1.807, 2.05) is 25.1 Å². The molecule has 0 atom stereocenters. The summed E-state index contributed by atoms with van der Waals surface area (Å²) in [6, 6.07) is 6.16. The second-order valence-corrected chi connectivity index (χ2v) is 4.27. The minimum atomic E-state index is 0.578. The molecular weight excluding hydrogens is 192 g/mol. The fraction of sp³-hybridized carbons (Fsp3) is 0.182. The first-order chi connectivity index (χ1) is 6.81. The van der Waals surface area contributed by atoms with E-state index in [0.717, 1.165) is 10.5 Å². The molecule has 0 saturated heterocycles. The standard InChI is InChI=1S/C11H12N2S/c1-8-13-10-6-2-4-9(5-3-7-12)11(10)14-8/h2-6H,7,12H2,1H3/b5-3+. The zero-order chi connectivity index (χ0) is 9.97. The van der Waals surface area contributed by atoms with E-state index < -0.39 is 0 Å². The van der Waals surface area contributed by atoms with Crippen molar-refractivity contribution in [1.82, 2.24) is 4.98 Å². The van der Waals surface area contributed by atoms with Crippen molar-refractivity contribution in [1.29, 1.82) is 0 Å². The van der Waals surface area contributed by atoms with Crippen molar-refractivity contribution < 1.29 is 0 Å². The zero-order valence-corrected chi connectivity index (χ0v) is 8.84. The molecule has 2 N–H and O–H groups in total. The minimum absolute atomic E-state index is 0.578. The van der Waals surface area contributed by atoms with Crippen LogP contribution in [0.2, 0.25) is 0 Å². The first-order valence-corrected chi connectivity index (χ1v) is 5.35. The predicted molar refractivity (Wildman–Crippen MR) is 62.4 cm³/mol. The van der Waals surface area contributed by atoms with Gasteiger partial charge in [-0.2, -0.15) is 0 Å². The van der Waals surface area contributed by atoms with Crippen LogP contribution in [0.4, 0.5) is 0 Å². The summed E-state index contributed by atoms with van der Waals surface area (Å²) in [5, 5.41) is 1.11. The Balaban J connectivity index is 2.58. The van der Waals surface area contributed by atoms with E-state index in [0.29, 0.717) is 6.54 Å². The number of thiazole rings is 1. The van der Waals surface area contributed by atoms with Crippen LogP contribution in [-0.2, 0) is 0 Å². The molecule has 0 bridgehead atoms. The number of hydrogen-bond acceptors (Lipinski definition) is 3. The van der Waals surface area contributed by atoms with Crippen LogP contribution in [0, 0.1) is 6.92 Å². The summed E-state index contributed by atoms with van der Waals surface area (Å²) in [4.78, 5) is 4.44. The average molecular weight is 204 g/mol. The van der Waals surface area contributed by atoms with Crippen LogP contribution in [-0.4, -0.2) is 11.5 Å². The molecule has 3 heteroatoms. The molecule has 0 unspecified atom stereocenters. The third kappa shape index (κ3) is 1.69. The van der Waals surface area contributed by atoms with Gasteiger partial charge >= 0.3 is 0 Å². The molecule has 0 aliphatic heterocycles. The van der Waals surface area contributed by atoms with Crippen LogP contribution in [0.15, 0.2) is 24.3 Å². The molecule has 2 rings (SSSR count). The monoisotopic (exact) mass is 204 g/mol. The quantitative estimate of drug-likeness (QED) is 0.816.